The Kier molecular flexibility index (Phi) is 18.5. The van der Waals surface area contributed by atoms with Crippen LogP contribution in [-0.2, 0) is 84.3 Å². The monoisotopic (exact) mass is 1120 g/mol. The molecule has 8 rings (SSSR count). The largest absolute Gasteiger partial charge is 0.480 e. The first-order valence-electron chi connectivity index (χ1n) is 26.8. The van der Waals surface area contributed by atoms with E-state index in [1.165, 1.54) is 27.7 Å². The summed E-state index contributed by atoms with van der Waals surface area (Å²) in [6, 6.07) is 9.76. The van der Waals surface area contributed by atoms with Crippen LogP contribution in [-0.4, -0.2) is 147 Å². The SMILES string of the molecule is CC[C@@]1(O)C(=O)OCc2c1cc1n(c2=O)Cc2c-1nc1cc(F)c(C)c3c1c2[C@@H](NC(=O)CCN(CCNC(=O)CNC(=O)C(Cc1ccccc1)NC(=O)CNC(=O)CNC(=O)CCCCCN1C(=O)C=CC1=O)CC(=O)O)CC3. The van der Waals surface area contributed by atoms with Gasteiger partial charge in [-0.25, -0.2) is 14.2 Å². The van der Waals surface area contributed by atoms with Gasteiger partial charge in [0.15, 0.2) is 5.60 Å². The number of rotatable bonds is 26. The number of esters is 1. The molecule has 8 N–H and O–H groups in total. The highest BCUT2D eigenvalue weighted by Gasteiger charge is 2.46. The standard InChI is InChI=1S/C56H63FN10O14/c1-3-56(80)36-23-41-52-34(28-67(41)54(78)35(36)30-81-55(56)79)51-38(14-13-33-31(2)37(57)24-39(64-52)50(33)51)62-43(69)17-20-65(29-49(75)76)21-18-58-44(70)26-61-53(77)40(22-32-10-6-4-7-11-32)63-46(72)27-60-45(71)25-59-42(68)12-8-5-9-19-66-47(73)15-16-48(66)74/h4,6-7,10-11,15-16,23-24,38,40,80H,3,5,8-9,12-14,17-22,25-30H2,1-2H3,(H,58,70)(H,59,68)(H,60,71)(H,61,77)(H,62,69)(H,63,72)(H,75,76)/t38-,40?,56-/m0/s1. The third-order valence-electron chi connectivity index (χ3n) is 14.9. The number of aryl methyl sites for hydroxylation is 1. The molecule has 1 unspecified atom stereocenters. The summed E-state index contributed by atoms with van der Waals surface area (Å²) in [5, 5.41) is 37.4. The number of carbonyl (C=O) groups excluding carboxylic acids is 9. The van der Waals surface area contributed by atoms with Crippen molar-refractivity contribution in [1.82, 2.24) is 51.3 Å². The van der Waals surface area contributed by atoms with E-state index in [9.17, 15) is 63.0 Å². The van der Waals surface area contributed by atoms with Crippen molar-refractivity contribution in [3.05, 3.63) is 110 Å². The Balaban J connectivity index is 0.815. The number of aliphatic hydroxyl groups is 1. The molecule has 0 spiro atoms. The van der Waals surface area contributed by atoms with Gasteiger partial charge in [-0.2, -0.15) is 0 Å². The lowest BCUT2D eigenvalue weighted by atomic mass is 9.81. The summed E-state index contributed by atoms with van der Waals surface area (Å²) in [4.78, 5) is 147. The van der Waals surface area contributed by atoms with Crippen LogP contribution < -0.4 is 37.5 Å². The number of aliphatic carboxylic acids is 1. The zero-order valence-corrected chi connectivity index (χ0v) is 44.7. The Morgan fingerprint density at radius 3 is 2.27 bits per heavy atom. The Morgan fingerprint density at radius 2 is 1.54 bits per heavy atom. The summed E-state index contributed by atoms with van der Waals surface area (Å²) >= 11 is 0. The van der Waals surface area contributed by atoms with Crippen LogP contribution in [0.3, 0.4) is 0 Å². The number of amides is 8. The van der Waals surface area contributed by atoms with Crippen molar-refractivity contribution >= 4 is 70.1 Å². The average molecular weight is 1120 g/mol. The van der Waals surface area contributed by atoms with Crippen LogP contribution in [0.15, 0.2) is 59.4 Å². The van der Waals surface area contributed by atoms with Crippen LogP contribution in [0.25, 0.3) is 22.3 Å². The fourth-order valence-corrected chi connectivity index (χ4v) is 10.6. The molecule has 0 radical (unpaired) electrons. The molecule has 0 fully saturated rings. The Hall–Kier alpha value is -8.71. The van der Waals surface area contributed by atoms with Crippen molar-refractivity contribution < 1.29 is 67.3 Å². The Bertz CT molecular complexity index is 3290. The van der Waals surface area contributed by atoms with Gasteiger partial charge in [-0.15, -0.1) is 0 Å². The molecule has 24 nitrogen and oxygen atoms in total. The topological polar surface area (TPSA) is 334 Å². The van der Waals surface area contributed by atoms with E-state index in [2.05, 4.69) is 31.9 Å². The van der Waals surface area contributed by atoms with Gasteiger partial charge < -0.3 is 51.4 Å². The summed E-state index contributed by atoms with van der Waals surface area (Å²) in [7, 11) is 0. The van der Waals surface area contributed by atoms with Crippen LogP contribution in [0.2, 0.25) is 0 Å². The van der Waals surface area contributed by atoms with Gasteiger partial charge >= 0.3 is 11.9 Å². The number of halogens is 1. The number of carboxylic acid groups (broad SMARTS) is 1. The number of benzene rings is 2. The lowest BCUT2D eigenvalue weighted by Crippen LogP contribution is -2.52. The highest BCUT2D eigenvalue weighted by molar-refractivity contribution is 6.12. The second-order valence-electron chi connectivity index (χ2n) is 20.3. The number of pyridine rings is 2. The molecule has 81 heavy (non-hydrogen) atoms. The summed E-state index contributed by atoms with van der Waals surface area (Å²) in [6.07, 6.45) is 4.56. The number of unbranched alkanes of at least 4 members (excludes halogenated alkanes) is 2. The minimum absolute atomic E-state index is 0.00636. The maximum absolute atomic E-state index is 15.5. The van der Waals surface area contributed by atoms with E-state index < -0.39 is 103 Å². The molecule has 0 saturated carbocycles. The predicted octanol–water partition coefficient (Wildman–Crippen LogP) is 0.0850. The summed E-state index contributed by atoms with van der Waals surface area (Å²) in [6.45, 7) is 1.13. The fraction of sp³-hybridized carbons (Fsp3) is 0.429. The molecule has 0 saturated heterocycles. The molecule has 8 amide bonds. The van der Waals surface area contributed by atoms with E-state index in [0.717, 1.165) is 4.90 Å². The van der Waals surface area contributed by atoms with E-state index in [1.807, 2.05) is 0 Å². The third-order valence-corrected chi connectivity index (χ3v) is 14.9. The number of carbonyl (C=O) groups is 10. The summed E-state index contributed by atoms with van der Waals surface area (Å²) < 4.78 is 22.1. The number of hydrogen-bond donors (Lipinski definition) is 8. The first-order chi connectivity index (χ1) is 38.8. The van der Waals surface area contributed by atoms with Crippen LogP contribution in [0.1, 0.15) is 96.9 Å². The number of cyclic esters (lactones) is 1. The Morgan fingerprint density at radius 1 is 0.840 bits per heavy atom. The van der Waals surface area contributed by atoms with Crippen molar-refractivity contribution in [3.8, 4) is 11.4 Å². The minimum Gasteiger partial charge on any atom is -0.480 e. The van der Waals surface area contributed by atoms with E-state index >= 15 is 4.39 Å². The lowest BCUT2D eigenvalue weighted by Gasteiger charge is -2.31. The van der Waals surface area contributed by atoms with Gasteiger partial charge in [0, 0.05) is 80.2 Å². The normalized spacial score (nSPS) is 17.0. The maximum atomic E-state index is 15.5. The van der Waals surface area contributed by atoms with E-state index in [4.69, 9.17) is 9.72 Å². The number of hydrogen-bond acceptors (Lipinski definition) is 15. The van der Waals surface area contributed by atoms with Gasteiger partial charge in [-0.3, -0.25) is 57.7 Å². The van der Waals surface area contributed by atoms with Gasteiger partial charge in [-0.05, 0) is 67.3 Å². The molecule has 25 heteroatoms. The summed E-state index contributed by atoms with van der Waals surface area (Å²) in [5.41, 5.74) is 1.72. The van der Waals surface area contributed by atoms with Crippen LogP contribution in [0.5, 0.6) is 0 Å². The number of aromatic nitrogens is 2. The van der Waals surface area contributed by atoms with Gasteiger partial charge in [0.2, 0.25) is 35.4 Å². The predicted molar refractivity (Wildman–Crippen MR) is 286 cm³/mol. The van der Waals surface area contributed by atoms with E-state index in [1.54, 1.807) is 50.2 Å². The van der Waals surface area contributed by atoms with E-state index in [0.29, 0.717) is 82.2 Å². The van der Waals surface area contributed by atoms with Crippen molar-refractivity contribution in [1.29, 1.82) is 0 Å². The van der Waals surface area contributed by atoms with Crippen molar-refractivity contribution in [2.45, 2.75) is 102 Å². The average Bonchev–Trinajstić information content (AvgIpc) is 3.15. The number of carboxylic acids is 1. The fourth-order valence-electron chi connectivity index (χ4n) is 10.6. The smallest absolute Gasteiger partial charge is 0.343 e. The number of fused-ring (bicyclic) bond motifs is 5. The number of ether oxygens (including phenoxy) is 1. The first-order valence-corrected chi connectivity index (χ1v) is 26.8. The minimum atomic E-state index is -2.07. The van der Waals surface area contributed by atoms with Crippen molar-refractivity contribution in [2.24, 2.45) is 0 Å². The molecule has 4 aromatic rings. The highest BCUT2D eigenvalue weighted by Crippen LogP contribution is 2.46. The highest BCUT2D eigenvalue weighted by atomic mass is 19.1. The molecule has 2 aromatic heterocycles. The van der Waals surface area contributed by atoms with Crippen LogP contribution >= 0.6 is 0 Å². The second kappa shape index (κ2) is 25.6. The van der Waals surface area contributed by atoms with E-state index in [-0.39, 0.29) is 88.0 Å². The van der Waals surface area contributed by atoms with Crippen LogP contribution in [0.4, 0.5) is 4.39 Å². The molecule has 3 atom stereocenters. The van der Waals surface area contributed by atoms with Crippen LogP contribution in [0, 0.1) is 12.7 Å². The van der Waals surface area contributed by atoms with Gasteiger partial charge in [-0.1, -0.05) is 43.7 Å². The quantitative estimate of drug-likeness (QED) is 0.0207. The molecule has 428 valence electrons. The molecule has 3 aliphatic heterocycles. The molecule has 1 aliphatic carbocycles. The molecule has 4 aliphatic rings. The number of nitrogens with zero attached hydrogens (tertiary/aromatic N) is 4. The van der Waals surface area contributed by atoms with Gasteiger partial charge in [0.1, 0.15) is 18.5 Å². The number of imide groups is 1. The number of nitrogens with one attached hydrogen (secondary N) is 6. The molecule has 0 bridgehead atoms. The van der Waals surface area contributed by atoms with Crippen molar-refractivity contribution in [3.63, 3.8) is 0 Å². The lowest BCUT2D eigenvalue weighted by molar-refractivity contribution is -0.172. The zero-order chi connectivity index (χ0) is 58.1. The molecular weight excluding hydrogens is 1060 g/mol. The van der Waals surface area contributed by atoms with Crippen molar-refractivity contribution in [2.75, 3.05) is 52.4 Å². The molecule has 2 aromatic carbocycles. The molecular formula is C56H63FN10O14. The maximum Gasteiger partial charge on any atom is 0.343 e. The second-order valence-corrected chi connectivity index (χ2v) is 20.3. The van der Waals surface area contributed by atoms with Gasteiger partial charge in [0.25, 0.3) is 17.4 Å². The molecule has 5 heterocycles. The third kappa shape index (κ3) is 13.5. The Labute approximate surface area is 463 Å². The first kappa shape index (κ1) is 58.4. The van der Waals surface area contributed by atoms with Gasteiger partial charge in [0.05, 0.1) is 61.2 Å². The summed E-state index contributed by atoms with van der Waals surface area (Å²) in [5.74, 6) is -6.91. The zero-order valence-electron chi connectivity index (χ0n) is 44.7.